The lowest BCUT2D eigenvalue weighted by molar-refractivity contribution is -0.152. The molecule has 0 fully saturated rings. The van der Waals surface area contributed by atoms with Gasteiger partial charge in [-0.1, -0.05) is 12.1 Å². The number of ether oxygens (including phenoxy) is 3. The minimum Gasteiger partial charge on any atom is -0.493 e. The van der Waals surface area contributed by atoms with E-state index in [9.17, 15) is 9.59 Å². The van der Waals surface area contributed by atoms with Crippen molar-refractivity contribution < 1.29 is 23.8 Å². The Bertz CT molecular complexity index is 914. The van der Waals surface area contributed by atoms with E-state index in [1.54, 1.807) is 33.3 Å². The summed E-state index contributed by atoms with van der Waals surface area (Å²) >= 11 is 1.43. The van der Waals surface area contributed by atoms with Gasteiger partial charge in [0.05, 0.1) is 20.0 Å². The first-order valence-electron chi connectivity index (χ1n) is 9.93. The van der Waals surface area contributed by atoms with Gasteiger partial charge in [-0.25, -0.2) is 0 Å². The fourth-order valence-corrected chi connectivity index (χ4v) is 4.13. The quantitative estimate of drug-likeness (QED) is 0.486. The van der Waals surface area contributed by atoms with Crippen molar-refractivity contribution in [3.63, 3.8) is 0 Å². The Balaban J connectivity index is 1.44. The minimum absolute atomic E-state index is 0.173. The van der Waals surface area contributed by atoms with Crippen molar-refractivity contribution in [2.75, 3.05) is 20.0 Å². The molecular weight excluding hydrogens is 402 g/mol. The van der Waals surface area contributed by atoms with E-state index in [-0.39, 0.29) is 11.7 Å². The van der Waals surface area contributed by atoms with Crippen LogP contribution in [-0.2, 0) is 33.7 Å². The molecule has 1 amide bonds. The molecule has 30 heavy (non-hydrogen) atoms. The van der Waals surface area contributed by atoms with Crippen LogP contribution < -0.4 is 14.8 Å². The second-order valence-corrected chi connectivity index (χ2v) is 8.16. The van der Waals surface area contributed by atoms with Gasteiger partial charge in [0.1, 0.15) is 0 Å². The number of carbonyl (C=O) groups excluding carboxylic acids is 2. The summed E-state index contributed by atoms with van der Waals surface area (Å²) in [5.74, 6) is 0.629. The van der Waals surface area contributed by atoms with Gasteiger partial charge in [-0.05, 0) is 67.1 Å². The molecule has 0 spiro atoms. The number of thioether (sulfide) groups is 1. The lowest BCUT2D eigenvalue weighted by atomic mass is 10.1. The Morgan fingerprint density at radius 2 is 1.80 bits per heavy atom. The zero-order chi connectivity index (χ0) is 21.5. The summed E-state index contributed by atoms with van der Waals surface area (Å²) in [7, 11) is 3.13. The summed E-state index contributed by atoms with van der Waals surface area (Å²) in [5, 5.41) is 2.78. The first kappa shape index (κ1) is 22.0. The van der Waals surface area contributed by atoms with Crippen LogP contribution >= 0.6 is 11.8 Å². The number of benzene rings is 2. The number of rotatable bonds is 9. The number of aryl methyl sites for hydroxylation is 2. The number of hydrogen-bond acceptors (Lipinski definition) is 6. The summed E-state index contributed by atoms with van der Waals surface area (Å²) < 4.78 is 15.7. The van der Waals surface area contributed by atoms with Gasteiger partial charge in [0.25, 0.3) is 5.91 Å². The van der Waals surface area contributed by atoms with Gasteiger partial charge in [0, 0.05) is 11.4 Å². The number of carbonyl (C=O) groups is 2. The van der Waals surface area contributed by atoms with Crippen LogP contribution in [0.5, 0.6) is 11.5 Å². The van der Waals surface area contributed by atoms with Gasteiger partial charge in [0.2, 0.25) is 0 Å². The maximum absolute atomic E-state index is 12.3. The number of fused-ring (bicyclic) bond motifs is 1. The summed E-state index contributed by atoms with van der Waals surface area (Å²) in [6.07, 6.45) is 2.57. The van der Waals surface area contributed by atoms with Crippen molar-refractivity contribution in [1.82, 2.24) is 5.32 Å². The lowest BCUT2D eigenvalue weighted by Gasteiger charge is -2.14. The van der Waals surface area contributed by atoms with Crippen LogP contribution in [0.1, 0.15) is 30.0 Å². The molecule has 0 aliphatic heterocycles. The number of methoxy groups -OCH3 is 2. The molecule has 1 N–H and O–H groups in total. The van der Waals surface area contributed by atoms with Gasteiger partial charge in [-0.15, -0.1) is 11.8 Å². The van der Waals surface area contributed by atoms with Crippen LogP contribution in [0, 0.1) is 0 Å². The topological polar surface area (TPSA) is 73.9 Å². The Kier molecular flexibility index (Phi) is 7.63. The predicted octanol–water partition coefficient (Wildman–Crippen LogP) is 3.53. The van der Waals surface area contributed by atoms with Gasteiger partial charge in [-0.2, -0.15) is 0 Å². The molecule has 160 valence electrons. The third kappa shape index (κ3) is 5.69. The summed E-state index contributed by atoms with van der Waals surface area (Å²) in [4.78, 5) is 25.5. The van der Waals surface area contributed by atoms with E-state index in [0.717, 1.165) is 23.3 Å². The van der Waals surface area contributed by atoms with Crippen LogP contribution in [0.25, 0.3) is 0 Å². The van der Waals surface area contributed by atoms with Crippen LogP contribution in [0.2, 0.25) is 0 Å². The Labute approximate surface area is 181 Å². The first-order chi connectivity index (χ1) is 14.5. The fourth-order valence-electron chi connectivity index (χ4n) is 3.39. The van der Waals surface area contributed by atoms with Gasteiger partial charge < -0.3 is 19.5 Å². The molecule has 2 aromatic rings. The number of amides is 1. The average Bonchev–Trinajstić information content (AvgIpc) is 3.23. The van der Waals surface area contributed by atoms with Crippen molar-refractivity contribution in [3.05, 3.63) is 53.1 Å². The molecule has 7 heteroatoms. The molecule has 1 atom stereocenters. The number of esters is 1. The first-order valence-corrected chi connectivity index (χ1v) is 10.9. The van der Waals surface area contributed by atoms with Gasteiger partial charge in [0.15, 0.2) is 17.6 Å². The standard InChI is InChI=1S/C23H27NO5S/c1-15(23(26)24-13-16-7-10-20(27-2)21(11-16)28-3)29-22(25)14-30-19-9-8-17-5-4-6-18(17)12-19/h7-12,15H,4-6,13-14H2,1-3H3,(H,24,26). The van der Waals surface area contributed by atoms with Gasteiger partial charge >= 0.3 is 5.97 Å². The van der Waals surface area contributed by atoms with Crippen molar-refractivity contribution in [2.45, 2.75) is 43.7 Å². The van der Waals surface area contributed by atoms with Crippen LogP contribution in [-0.4, -0.2) is 38.0 Å². The molecule has 3 rings (SSSR count). The second-order valence-electron chi connectivity index (χ2n) is 7.11. The number of nitrogens with one attached hydrogen (secondary N) is 1. The fraction of sp³-hybridized carbons (Fsp3) is 0.391. The van der Waals surface area contributed by atoms with Gasteiger partial charge in [-0.3, -0.25) is 9.59 Å². The molecule has 1 unspecified atom stereocenters. The molecule has 0 heterocycles. The third-order valence-electron chi connectivity index (χ3n) is 5.02. The van der Waals surface area contributed by atoms with E-state index in [4.69, 9.17) is 14.2 Å². The van der Waals surface area contributed by atoms with Crippen molar-refractivity contribution in [1.29, 1.82) is 0 Å². The summed E-state index contributed by atoms with van der Waals surface area (Å²) in [6, 6.07) is 11.7. The highest BCUT2D eigenvalue weighted by Crippen LogP contribution is 2.28. The molecule has 1 aliphatic carbocycles. The van der Waals surface area contributed by atoms with Crippen molar-refractivity contribution in [2.24, 2.45) is 0 Å². The van der Waals surface area contributed by atoms with Crippen LogP contribution in [0.15, 0.2) is 41.3 Å². The second kappa shape index (κ2) is 10.4. The van der Waals surface area contributed by atoms with E-state index in [1.807, 2.05) is 12.1 Å². The lowest BCUT2D eigenvalue weighted by Crippen LogP contribution is -2.35. The molecule has 0 saturated carbocycles. The van der Waals surface area contributed by atoms with Crippen molar-refractivity contribution in [3.8, 4) is 11.5 Å². The molecule has 2 aromatic carbocycles. The molecule has 0 radical (unpaired) electrons. The molecule has 0 saturated heterocycles. The molecular formula is C23H27NO5S. The monoisotopic (exact) mass is 429 g/mol. The highest BCUT2D eigenvalue weighted by atomic mass is 32.2. The van der Waals surface area contributed by atoms with Crippen molar-refractivity contribution >= 4 is 23.6 Å². The Morgan fingerprint density at radius 3 is 2.57 bits per heavy atom. The minimum atomic E-state index is -0.863. The largest absolute Gasteiger partial charge is 0.493 e. The summed E-state index contributed by atoms with van der Waals surface area (Å²) in [6.45, 7) is 1.87. The normalized spacial score (nSPS) is 13.3. The van der Waals surface area contributed by atoms with E-state index in [2.05, 4.69) is 17.4 Å². The molecule has 0 aromatic heterocycles. The van der Waals surface area contributed by atoms with E-state index in [1.165, 1.54) is 29.3 Å². The maximum atomic E-state index is 12.3. The summed E-state index contributed by atoms with van der Waals surface area (Å²) in [5.41, 5.74) is 3.63. The maximum Gasteiger partial charge on any atom is 0.317 e. The predicted molar refractivity (Wildman–Crippen MR) is 116 cm³/mol. The SMILES string of the molecule is COc1ccc(CNC(=O)C(C)OC(=O)CSc2ccc3c(c2)CCC3)cc1OC. The van der Waals surface area contributed by atoms with Crippen LogP contribution in [0.3, 0.4) is 0 Å². The van der Waals surface area contributed by atoms with E-state index < -0.39 is 12.1 Å². The highest BCUT2D eigenvalue weighted by Gasteiger charge is 2.18. The Hall–Kier alpha value is -2.67. The Morgan fingerprint density at radius 1 is 1.03 bits per heavy atom. The average molecular weight is 430 g/mol. The third-order valence-corrected chi connectivity index (χ3v) is 5.99. The smallest absolute Gasteiger partial charge is 0.317 e. The highest BCUT2D eigenvalue weighted by molar-refractivity contribution is 8.00. The zero-order valence-electron chi connectivity index (χ0n) is 17.5. The van der Waals surface area contributed by atoms with E-state index >= 15 is 0 Å². The molecule has 0 bridgehead atoms. The molecule has 1 aliphatic rings. The number of hydrogen-bond donors (Lipinski definition) is 1. The molecule has 6 nitrogen and oxygen atoms in total. The van der Waals surface area contributed by atoms with E-state index in [0.29, 0.717) is 18.0 Å². The zero-order valence-corrected chi connectivity index (χ0v) is 18.3. The van der Waals surface area contributed by atoms with Crippen LogP contribution in [0.4, 0.5) is 0 Å².